The second kappa shape index (κ2) is 5.79. The molecule has 0 aliphatic rings. The molecule has 0 N–H and O–H groups in total. The smallest absolute Gasteiger partial charge is 0.316 e. The van der Waals surface area contributed by atoms with Crippen molar-refractivity contribution < 1.29 is 13.2 Å². The third-order valence-corrected chi connectivity index (χ3v) is 4.48. The van der Waals surface area contributed by atoms with Gasteiger partial charge in [0.25, 0.3) is 0 Å². The van der Waals surface area contributed by atoms with Crippen LogP contribution < -0.4 is 0 Å². The molecule has 0 unspecified atom stereocenters. The summed E-state index contributed by atoms with van der Waals surface area (Å²) in [6.45, 7) is 2.75. The molecular formula is C19H15F3N4. The molecule has 0 bridgehead atoms. The molecule has 0 aromatic carbocycles. The van der Waals surface area contributed by atoms with Gasteiger partial charge in [-0.3, -0.25) is 9.97 Å². The van der Waals surface area contributed by atoms with E-state index in [0.29, 0.717) is 27.6 Å². The zero-order chi connectivity index (χ0) is 18.5. The van der Waals surface area contributed by atoms with E-state index >= 15 is 0 Å². The predicted molar refractivity (Wildman–Crippen MR) is 93.8 cm³/mol. The maximum absolute atomic E-state index is 13.1. The van der Waals surface area contributed by atoms with E-state index in [2.05, 4.69) is 15.0 Å². The van der Waals surface area contributed by atoms with Crippen LogP contribution in [0.1, 0.15) is 11.3 Å². The highest BCUT2D eigenvalue weighted by Gasteiger charge is 2.30. The van der Waals surface area contributed by atoms with Crippen molar-refractivity contribution in [2.45, 2.75) is 26.6 Å². The summed E-state index contributed by atoms with van der Waals surface area (Å²) >= 11 is 0. The molecule has 4 aromatic rings. The van der Waals surface area contributed by atoms with Crippen LogP contribution in [-0.4, -0.2) is 25.7 Å². The van der Waals surface area contributed by atoms with Gasteiger partial charge in [-0.1, -0.05) is 0 Å². The molecule has 4 rings (SSSR count). The topological polar surface area (TPSA) is 43.6 Å². The van der Waals surface area contributed by atoms with Gasteiger partial charge >= 0.3 is 6.18 Å². The third kappa shape index (κ3) is 2.79. The number of fused-ring (bicyclic) bond motifs is 3. The highest BCUT2D eigenvalue weighted by atomic mass is 19.4. The number of alkyl halides is 3. The summed E-state index contributed by atoms with van der Waals surface area (Å²) in [4.78, 5) is 12.9. The maximum atomic E-state index is 13.1. The number of aromatic nitrogens is 4. The van der Waals surface area contributed by atoms with E-state index in [9.17, 15) is 13.2 Å². The van der Waals surface area contributed by atoms with Gasteiger partial charge in [0, 0.05) is 40.6 Å². The first kappa shape index (κ1) is 16.5. The number of hydrogen-bond donors (Lipinski definition) is 0. The Bertz CT molecular complexity index is 1130. The van der Waals surface area contributed by atoms with E-state index in [4.69, 9.17) is 0 Å². The fourth-order valence-corrected chi connectivity index (χ4v) is 3.09. The van der Waals surface area contributed by atoms with Crippen LogP contribution in [0, 0.1) is 13.8 Å². The number of halogens is 3. The number of hydrogen-bond acceptors (Lipinski definition) is 3. The zero-order valence-electron chi connectivity index (χ0n) is 14.2. The highest BCUT2D eigenvalue weighted by Crippen LogP contribution is 2.32. The summed E-state index contributed by atoms with van der Waals surface area (Å²) in [6.07, 6.45) is 0.405. The summed E-state index contributed by atoms with van der Waals surface area (Å²) < 4.78 is 40.6. The van der Waals surface area contributed by atoms with Gasteiger partial charge in [-0.15, -0.1) is 0 Å². The zero-order valence-corrected chi connectivity index (χ0v) is 14.2. The molecule has 0 saturated heterocycles. The standard InChI is InChI=1S/C19H15F3N4/c1-11-7-13(8-24-12(11)2)16-4-3-14-15-9-23-6-5-17(15)26(18(14)25-16)10-19(20,21)22/h3-9H,10H2,1-2H3. The van der Waals surface area contributed by atoms with Crippen LogP contribution in [0.4, 0.5) is 13.2 Å². The van der Waals surface area contributed by atoms with Crippen molar-refractivity contribution in [3.63, 3.8) is 0 Å². The van der Waals surface area contributed by atoms with Gasteiger partial charge in [0.05, 0.1) is 11.2 Å². The van der Waals surface area contributed by atoms with E-state index < -0.39 is 12.7 Å². The van der Waals surface area contributed by atoms with Crippen LogP contribution in [0.3, 0.4) is 0 Å². The minimum absolute atomic E-state index is 0.293. The Hall–Kier alpha value is -2.96. The Morgan fingerprint density at radius 1 is 1.04 bits per heavy atom. The first-order valence-corrected chi connectivity index (χ1v) is 8.07. The van der Waals surface area contributed by atoms with Gasteiger partial charge < -0.3 is 4.57 Å². The van der Waals surface area contributed by atoms with Crippen LogP contribution in [0.5, 0.6) is 0 Å². The van der Waals surface area contributed by atoms with Crippen molar-refractivity contribution >= 4 is 21.9 Å². The maximum Gasteiger partial charge on any atom is 0.406 e. The fourth-order valence-electron chi connectivity index (χ4n) is 3.09. The summed E-state index contributed by atoms with van der Waals surface area (Å²) in [5, 5.41) is 1.31. The molecule has 4 nitrogen and oxygen atoms in total. The van der Waals surface area contributed by atoms with Crippen LogP contribution >= 0.6 is 0 Å². The quantitative estimate of drug-likeness (QED) is 0.517. The second-order valence-corrected chi connectivity index (χ2v) is 6.29. The van der Waals surface area contributed by atoms with Crippen molar-refractivity contribution in [3.8, 4) is 11.3 Å². The molecule has 0 atom stereocenters. The van der Waals surface area contributed by atoms with Crippen LogP contribution in [0.25, 0.3) is 33.2 Å². The van der Waals surface area contributed by atoms with Gasteiger partial charge in [0.2, 0.25) is 0 Å². The number of rotatable bonds is 2. The van der Waals surface area contributed by atoms with Crippen molar-refractivity contribution in [2.75, 3.05) is 0 Å². The fraction of sp³-hybridized carbons (Fsp3) is 0.211. The average molecular weight is 356 g/mol. The summed E-state index contributed by atoms with van der Waals surface area (Å²) in [7, 11) is 0. The molecule has 0 radical (unpaired) electrons. The van der Waals surface area contributed by atoms with E-state index in [1.54, 1.807) is 30.6 Å². The normalized spacial score (nSPS) is 12.2. The van der Waals surface area contributed by atoms with E-state index in [0.717, 1.165) is 16.8 Å². The highest BCUT2D eigenvalue weighted by molar-refractivity contribution is 6.06. The molecule has 7 heteroatoms. The minimum atomic E-state index is -4.35. The first-order valence-electron chi connectivity index (χ1n) is 8.07. The van der Waals surface area contributed by atoms with Crippen molar-refractivity contribution in [1.29, 1.82) is 0 Å². The third-order valence-electron chi connectivity index (χ3n) is 4.48. The second-order valence-electron chi connectivity index (χ2n) is 6.29. The number of aryl methyl sites for hydroxylation is 2. The molecule has 0 aliphatic carbocycles. The molecule has 0 saturated carbocycles. The molecule has 0 spiro atoms. The summed E-state index contributed by atoms with van der Waals surface area (Å²) in [5.41, 5.74) is 4.04. The lowest BCUT2D eigenvalue weighted by atomic mass is 10.1. The largest absolute Gasteiger partial charge is 0.406 e. The van der Waals surface area contributed by atoms with Gasteiger partial charge in [0.15, 0.2) is 0 Å². The lowest BCUT2D eigenvalue weighted by Crippen LogP contribution is -2.17. The molecular weight excluding hydrogens is 341 g/mol. The van der Waals surface area contributed by atoms with Crippen molar-refractivity contribution in [1.82, 2.24) is 19.5 Å². The molecule has 4 heterocycles. The average Bonchev–Trinajstić information content (AvgIpc) is 2.90. The molecule has 0 fully saturated rings. The Morgan fingerprint density at radius 3 is 2.58 bits per heavy atom. The lowest BCUT2D eigenvalue weighted by molar-refractivity contribution is -0.139. The Balaban J connectivity index is 1.98. The first-order chi connectivity index (χ1) is 12.3. The predicted octanol–water partition coefficient (Wildman–Crippen LogP) is 4.83. The molecule has 0 aliphatic heterocycles. The van der Waals surface area contributed by atoms with Gasteiger partial charge in [-0.05, 0) is 43.7 Å². The van der Waals surface area contributed by atoms with Crippen LogP contribution in [0.2, 0.25) is 0 Å². The molecule has 26 heavy (non-hydrogen) atoms. The molecule has 0 amide bonds. The van der Waals surface area contributed by atoms with Crippen LogP contribution in [0.15, 0.2) is 42.9 Å². The Labute approximate surface area is 147 Å². The van der Waals surface area contributed by atoms with E-state index in [-0.39, 0.29) is 0 Å². The Morgan fingerprint density at radius 2 is 1.85 bits per heavy atom. The summed E-state index contributed by atoms with van der Waals surface area (Å²) in [6, 6.07) is 7.12. The van der Waals surface area contributed by atoms with Gasteiger partial charge in [0.1, 0.15) is 12.2 Å². The SMILES string of the molecule is Cc1cc(-c2ccc3c4cnccc4n(CC(F)(F)F)c3n2)cnc1C. The summed E-state index contributed by atoms with van der Waals surface area (Å²) in [5.74, 6) is 0. The minimum Gasteiger partial charge on any atom is -0.316 e. The number of pyridine rings is 3. The van der Waals surface area contributed by atoms with Crippen molar-refractivity contribution in [2.24, 2.45) is 0 Å². The lowest BCUT2D eigenvalue weighted by Gasteiger charge is -2.11. The Kier molecular flexibility index (Phi) is 3.68. The molecule has 132 valence electrons. The van der Waals surface area contributed by atoms with Gasteiger partial charge in [-0.2, -0.15) is 13.2 Å². The van der Waals surface area contributed by atoms with Gasteiger partial charge in [-0.25, -0.2) is 4.98 Å². The number of nitrogens with zero attached hydrogens (tertiary/aromatic N) is 4. The van der Waals surface area contributed by atoms with Crippen molar-refractivity contribution in [3.05, 3.63) is 54.1 Å². The van der Waals surface area contributed by atoms with E-state index in [1.807, 2.05) is 19.9 Å². The monoisotopic (exact) mass is 356 g/mol. The molecule has 4 aromatic heterocycles. The van der Waals surface area contributed by atoms with Crippen LogP contribution in [-0.2, 0) is 6.54 Å². The van der Waals surface area contributed by atoms with E-state index in [1.165, 1.54) is 10.8 Å².